The molecular formula is C14H17ClN2OS. The first-order valence-electron chi connectivity index (χ1n) is 6.35. The highest BCUT2D eigenvalue weighted by Crippen LogP contribution is 2.35. The lowest BCUT2D eigenvalue weighted by Gasteiger charge is -2.37. The molecule has 3 unspecified atom stereocenters. The van der Waals surface area contributed by atoms with Gasteiger partial charge in [-0.15, -0.1) is 0 Å². The first-order chi connectivity index (χ1) is 8.95. The summed E-state index contributed by atoms with van der Waals surface area (Å²) in [5.41, 5.74) is 7.32. The van der Waals surface area contributed by atoms with Crippen molar-refractivity contribution in [3.63, 3.8) is 0 Å². The van der Waals surface area contributed by atoms with Crippen molar-refractivity contribution < 1.29 is 4.79 Å². The quantitative estimate of drug-likeness (QED) is 0.843. The molecule has 0 bridgehead atoms. The van der Waals surface area contributed by atoms with Gasteiger partial charge in [0.25, 0.3) is 0 Å². The smallest absolute Gasteiger partial charge is 0.222 e. The predicted octanol–water partition coefficient (Wildman–Crippen LogP) is 3.00. The van der Waals surface area contributed by atoms with Gasteiger partial charge in [-0.1, -0.05) is 37.7 Å². The Balaban J connectivity index is 2.43. The molecule has 1 amide bonds. The predicted molar refractivity (Wildman–Crippen MR) is 82.7 cm³/mol. The molecule has 0 saturated heterocycles. The first kappa shape index (κ1) is 14.3. The molecule has 5 heteroatoms. The molecule has 3 nitrogen and oxygen atoms in total. The standard InChI is InChI=1S/C14H17ClN2OS/c1-3-9-12(7(2)14(16)18)17-11-5-4-8(15)6-10(11)13(9)19/h4-7,9,12,17H,3H2,1-2H3,(H2,16,18). The molecule has 1 aromatic carbocycles. The van der Waals surface area contributed by atoms with Crippen molar-refractivity contribution in [3.8, 4) is 0 Å². The molecule has 0 saturated carbocycles. The van der Waals surface area contributed by atoms with E-state index in [4.69, 9.17) is 29.6 Å². The van der Waals surface area contributed by atoms with Crippen LogP contribution in [0, 0.1) is 11.8 Å². The van der Waals surface area contributed by atoms with Crippen molar-refractivity contribution in [3.05, 3.63) is 28.8 Å². The Bertz CT molecular complexity index is 532. The second kappa shape index (κ2) is 5.47. The number of anilines is 1. The molecule has 0 radical (unpaired) electrons. The van der Waals surface area contributed by atoms with Gasteiger partial charge in [-0.25, -0.2) is 0 Å². The molecule has 3 atom stereocenters. The number of nitrogens with two attached hydrogens (primary N) is 1. The molecule has 0 aliphatic carbocycles. The van der Waals surface area contributed by atoms with E-state index in [1.165, 1.54) is 0 Å². The van der Waals surface area contributed by atoms with E-state index in [-0.39, 0.29) is 23.8 Å². The molecule has 0 aromatic heterocycles. The Labute approximate surface area is 123 Å². The van der Waals surface area contributed by atoms with Crippen LogP contribution in [0.3, 0.4) is 0 Å². The van der Waals surface area contributed by atoms with Gasteiger partial charge in [-0.3, -0.25) is 4.79 Å². The van der Waals surface area contributed by atoms with E-state index in [9.17, 15) is 4.79 Å². The van der Waals surface area contributed by atoms with Gasteiger partial charge in [0.1, 0.15) is 0 Å². The van der Waals surface area contributed by atoms with Crippen molar-refractivity contribution in [2.45, 2.75) is 26.3 Å². The summed E-state index contributed by atoms with van der Waals surface area (Å²) in [6, 6.07) is 5.54. The van der Waals surface area contributed by atoms with Crippen LogP contribution in [0.4, 0.5) is 5.69 Å². The lowest BCUT2D eigenvalue weighted by molar-refractivity contribution is -0.121. The summed E-state index contributed by atoms with van der Waals surface area (Å²) >= 11 is 11.6. The van der Waals surface area contributed by atoms with Crippen molar-refractivity contribution in [1.82, 2.24) is 0 Å². The summed E-state index contributed by atoms with van der Waals surface area (Å²) in [4.78, 5) is 12.3. The molecule has 1 aliphatic heterocycles. The zero-order valence-corrected chi connectivity index (χ0v) is 12.5. The van der Waals surface area contributed by atoms with Gasteiger partial charge >= 0.3 is 0 Å². The lowest BCUT2D eigenvalue weighted by atomic mass is 9.79. The Morgan fingerprint density at radius 2 is 2.26 bits per heavy atom. The van der Waals surface area contributed by atoms with Crippen molar-refractivity contribution in [2.75, 3.05) is 5.32 Å². The fraction of sp³-hybridized carbons (Fsp3) is 0.429. The van der Waals surface area contributed by atoms with Crippen molar-refractivity contribution in [1.29, 1.82) is 0 Å². The molecule has 0 spiro atoms. The zero-order chi connectivity index (χ0) is 14.2. The first-order valence-corrected chi connectivity index (χ1v) is 7.14. The number of thiocarbonyl (C=S) groups is 1. The Hall–Kier alpha value is -1.13. The topological polar surface area (TPSA) is 55.1 Å². The minimum Gasteiger partial charge on any atom is -0.380 e. The largest absolute Gasteiger partial charge is 0.380 e. The third-order valence-electron chi connectivity index (χ3n) is 3.77. The molecule has 19 heavy (non-hydrogen) atoms. The number of rotatable bonds is 3. The van der Waals surface area contributed by atoms with Crippen LogP contribution in [0.15, 0.2) is 18.2 Å². The number of hydrogen-bond donors (Lipinski definition) is 2. The maximum atomic E-state index is 11.5. The normalized spacial score (nSPS) is 23.4. The number of halogens is 1. The Morgan fingerprint density at radius 3 is 2.84 bits per heavy atom. The number of fused-ring (bicyclic) bond motifs is 1. The van der Waals surface area contributed by atoms with E-state index in [0.29, 0.717) is 5.02 Å². The van der Waals surface area contributed by atoms with E-state index in [2.05, 4.69) is 12.2 Å². The van der Waals surface area contributed by atoms with Crippen molar-refractivity contribution >= 4 is 40.3 Å². The average molecular weight is 297 g/mol. The highest BCUT2D eigenvalue weighted by Gasteiger charge is 2.36. The van der Waals surface area contributed by atoms with Gasteiger partial charge in [0, 0.05) is 33.1 Å². The number of benzene rings is 1. The number of hydrogen-bond acceptors (Lipinski definition) is 3. The molecular weight excluding hydrogens is 280 g/mol. The molecule has 1 aliphatic rings. The van der Waals surface area contributed by atoms with Gasteiger partial charge in [-0.2, -0.15) is 0 Å². The summed E-state index contributed by atoms with van der Waals surface area (Å²) in [5, 5.41) is 4.06. The molecule has 1 aromatic rings. The van der Waals surface area contributed by atoms with Gasteiger partial charge in [0.15, 0.2) is 0 Å². The van der Waals surface area contributed by atoms with E-state index in [1.54, 1.807) is 0 Å². The van der Waals surface area contributed by atoms with E-state index in [0.717, 1.165) is 22.5 Å². The maximum Gasteiger partial charge on any atom is 0.222 e. The lowest BCUT2D eigenvalue weighted by Crippen LogP contribution is -2.47. The van der Waals surface area contributed by atoms with Crippen LogP contribution >= 0.6 is 23.8 Å². The third-order valence-corrected chi connectivity index (χ3v) is 4.52. The zero-order valence-electron chi connectivity index (χ0n) is 10.9. The molecule has 2 rings (SSSR count). The molecule has 3 N–H and O–H groups in total. The van der Waals surface area contributed by atoms with E-state index >= 15 is 0 Å². The van der Waals surface area contributed by atoms with E-state index < -0.39 is 0 Å². The number of nitrogens with one attached hydrogen (secondary N) is 1. The number of carbonyl (C=O) groups is 1. The molecule has 102 valence electrons. The summed E-state index contributed by atoms with van der Waals surface area (Å²) in [6.45, 7) is 3.90. The van der Waals surface area contributed by atoms with Gasteiger partial charge in [0.2, 0.25) is 5.91 Å². The SMILES string of the molecule is CCC1C(=S)c2cc(Cl)ccc2NC1C(C)C(N)=O. The Morgan fingerprint density at radius 1 is 1.58 bits per heavy atom. The van der Waals surface area contributed by atoms with Crippen molar-refractivity contribution in [2.24, 2.45) is 17.6 Å². The van der Waals surface area contributed by atoms with Gasteiger partial charge in [-0.05, 0) is 24.6 Å². The number of primary amides is 1. The second-order valence-electron chi connectivity index (χ2n) is 4.93. The average Bonchev–Trinajstić information content (AvgIpc) is 2.38. The van der Waals surface area contributed by atoms with Gasteiger partial charge < -0.3 is 11.1 Å². The van der Waals surface area contributed by atoms with Crippen LogP contribution in [0.1, 0.15) is 25.8 Å². The van der Waals surface area contributed by atoms with E-state index in [1.807, 2.05) is 25.1 Å². The van der Waals surface area contributed by atoms with Crippen LogP contribution in [-0.4, -0.2) is 16.8 Å². The third kappa shape index (κ3) is 2.60. The fourth-order valence-corrected chi connectivity index (χ4v) is 3.23. The summed E-state index contributed by atoms with van der Waals surface area (Å²) < 4.78 is 0. The Kier molecular flexibility index (Phi) is 4.11. The van der Waals surface area contributed by atoms with Crippen LogP contribution < -0.4 is 11.1 Å². The maximum absolute atomic E-state index is 11.5. The highest BCUT2D eigenvalue weighted by atomic mass is 35.5. The highest BCUT2D eigenvalue weighted by molar-refractivity contribution is 7.81. The number of carbonyl (C=O) groups excluding carboxylic acids is 1. The van der Waals surface area contributed by atoms with Crippen LogP contribution in [-0.2, 0) is 4.79 Å². The number of amides is 1. The molecule has 0 fully saturated rings. The fourth-order valence-electron chi connectivity index (χ4n) is 2.58. The van der Waals surface area contributed by atoms with Crippen LogP contribution in [0.25, 0.3) is 0 Å². The minimum atomic E-state index is -0.309. The summed E-state index contributed by atoms with van der Waals surface area (Å²) in [5.74, 6) is -0.466. The summed E-state index contributed by atoms with van der Waals surface area (Å²) in [7, 11) is 0. The van der Waals surface area contributed by atoms with Crippen LogP contribution in [0.2, 0.25) is 5.02 Å². The minimum absolute atomic E-state index is 0.0522. The summed E-state index contributed by atoms with van der Waals surface area (Å²) in [6.07, 6.45) is 0.861. The van der Waals surface area contributed by atoms with Crippen LogP contribution in [0.5, 0.6) is 0 Å². The second-order valence-corrected chi connectivity index (χ2v) is 5.81. The van der Waals surface area contributed by atoms with Gasteiger partial charge in [0.05, 0.1) is 5.92 Å². The monoisotopic (exact) mass is 296 g/mol. The molecule has 1 heterocycles.